The molecule has 2 heterocycles. The van der Waals surface area contributed by atoms with Gasteiger partial charge in [0, 0.05) is 30.7 Å². The van der Waals surface area contributed by atoms with Crippen molar-refractivity contribution in [1.82, 2.24) is 14.7 Å². The van der Waals surface area contributed by atoms with Crippen LogP contribution in [0.2, 0.25) is 0 Å². The number of urea groups is 1. The average molecular weight is 403 g/mol. The van der Waals surface area contributed by atoms with Crippen molar-refractivity contribution in [3.63, 3.8) is 0 Å². The first kappa shape index (κ1) is 18.9. The number of fused-ring (bicyclic) bond motifs is 1. The fourth-order valence-electron chi connectivity index (χ4n) is 4.35. The topological polar surface area (TPSA) is 60.9 Å². The van der Waals surface area contributed by atoms with Crippen LogP contribution in [-0.4, -0.2) is 51.2 Å². The van der Waals surface area contributed by atoms with E-state index in [4.69, 9.17) is 0 Å². The molecule has 5 rings (SSSR count). The van der Waals surface area contributed by atoms with Crippen molar-refractivity contribution in [1.29, 1.82) is 0 Å². The van der Waals surface area contributed by atoms with Crippen LogP contribution in [0.5, 0.6) is 0 Å². The molecule has 1 saturated carbocycles. The Kier molecular flexibility index (Phi) is 4.38. The lowest BCUT2D eigenvalue weighted by Gasteiger charge is -2.19. The number of nitrogens with zero attached hydrogens (tertiary/aromatic N) is 3. The van der Waals surface area contributed by atoms with Crippen molar-refractivity contribution in [2.75, 3.05) is 6.54 Å². The molecule has 0 radical (unpaired) electrons. The Balaban J connectivity index is 1.31. The van der Waals surface area contributed by atoms with Crippen molar-refractivity contribution in [3.05, 3.63) is 59.2 Å². The Morgan fingerprint density at radius 2 is 1.63 bits per heavy atom. The molecule has 1 saturated heterocycles. The van der Waals surface area contributed by atoms with Gasteiger partial charge in [0.15, 0.2) is 0 Å². The maximum Gasteiger partial charge on any atom is 0.327 e. The standard InChI is InChI=1S/C24H25N3O3/c1-15(2)26-13-19-11-18(7-10-21(19)23(26)29)17-5-3-16(4-6-17)12-25-14-22(28)27(24(25)30)20-8-9-20/h3-7,10-11,15,20H,8-9,12-14H2,1-2H3. The Bertz CT molecular complexity index is 1040. The molecule has 154 valence electrons. The van der Waals surface area contributed by atoms with Crippen LogP contribution in [0.3, 0.4) is 0 Å². The maximum atomic E-state index is 12.5. The summed E-state index contributed by atoms with van der Waals surface area (Å²) in [5, 5.41) is 0. The van der Waals surface area contributed by atoms with Crippen molar-refractivity contribution >= 4 is 17.8 Å². The number of hydrogen-bond donors (Lipinski definition) is 0. The molecule has 0 unspecified atom stereocenters. The van der Waals surface area contributed by atoms with Crippen LogP contribution in [0.15, 0.2) is 42.5 Å². The van der Waals surface area contributed by atoms with Crippen molar-refractivity contribution < 1.29 is 14.4 Å². The summed E-state index contributed by atoms with van der Waals surface area (Å²) in [6.07, 6.45) is 1.86. The van der Waals surface area contributed by atoms with Gasteiger partial charge >= 0.3 is 6.03 Å². The van der Waals surface area contributed by atoms with Gasteiger partial charge in [0.2, 0.25) is 0 Å². The summed E-state index contributed by atoms with van der Waals surface area (Å²) < 4.78 is 0. The molecule has 2 aromatic rings. The molecule has 0 N–H and O–H groups in total. The third-order valence-corrected chi connectivity index (χ3v) is 6.20. The second kappa shape index (κ2) is 6.97. The van der Waals surface area contributed by atoms with Gasteiger partial charge < -0.3 is 9.80 Å². The van der Waals surface area contributed by atoms with E-state index in [1.54, 1.807) is 4.90 Å². The molecule has 3 aliphatic rings. The summed E-state index contributed by atoms with van der Waals surface area (Å²) in [4.78, 5) is 42.0. The number of benzene rings is 2. The van der Waals surface area contributed by atoms with Crippen LogP contribution >= 0.6 is 0 Å². The van der Waals surface area contributed by atoms with E-state index in [2.05, 4.69) is 6.07 Å². The van der Waals surface area contributed by atoms with Gasteiger partial charge in [-0.3, -0.25) is 14.5 Å². The maximum absolute atomic E-state index is 12.5. The highest BCUT2D eigenvalue weighted by atomic mass is 16.2. The lowest BCUT2D eigenvalue weighted by molar-refractivity contribution is -0.125. The molecule has 0 spiro atoms. The highest BCUT2D eigenvalue weighted by Crippen LogP contribution is 2.32. The van der Waals surface area contributed by atoms with E-state index in [1.807, 2.05) is 55.1 Å². The molecule has 0 bridgehead atoms. The molecule has 6 heteroatoms. The summed E-state index contributed by atoms with van der Waals surface area (Å²) in [6, 6.07) is 14.2. The van der Waals surface area contributed by atoms with Gasteiger partial charge in [-0.1, -0.05) is 30.3 Å². The molecule has 1 aliphatic carbocycles. The minimum atomic E-state index is -0.162. The first-order valence-electron chi connectivity index (χ1n) is 10.6. The van der Waals surface area contributed by atoms with E-state index in [0.717, 1.165) is 40.7 Å². The quantitative estimate of drug-likeness (QED) is 0.716. The predicted octanol–water partition coefficient (Wildman–Crippen LogP) is 3.64. The molecule has 2 aromatic carbocycles. The fourth-order valence-corrected chi connectivity index (χ4v) is 4.35. The number of hydrogen-bond acceptors (Lipinski definition) is 3. The summed E-state index contributed by atoms with van der Waals surface area (Å²) in [7, 11) is 0. The highest BCUT2D eigenvalue weighted by Gasteiger charge is 2.44. The predicted molar refractivity (Wildman–Crippen MR) is 113 cm³/mol. The summed E-state index contributed by atoms with van der Waals surface area (Å²) in [5.74, 6) is 0.0224. The smallest absolute Gasteiger partial charge is 0.327 e. The zero-order valence-electron chi connectivity index (χ0n) is 17.3. The molecule has 30 heavy (non-hydrogen) atoms. The SMILES string of the molecule is CC(C)N1Cc2cc(-c3ccc(CN4CC(=O)N(C5CC5)C4=O)cc3)ccc2C1=O. The van der Waals surface area contributed by atoms with Crippen molar-refractivity contribution in [3.8, 4) is 11.1 Å². The zero-order chi connectivity index (χ0) is 21.0. The minimum Gasteiger partial charge on any atom is -0.332 e. The van der Waals surface area contributed by atoms with Crippen molar-refractivity contribution in [2.24, 2.45) is 0 Å². The number of amides is 4. The van der Waals surface area contributed by atoms with Crippen LogP contribution in [0.4, 0.5) is 4.79 Å². The average Bonchev–Trinajstić information content (AvgIpc) is 3.44. The Morgan fingerprint density at radius 3 is 2.30 bits per heavy atom. The lowest BCUT2D eigenvalue weighted by Crippen LogP contribution is -2.34. The molecule has 2 fully saturated rings. The molecular formula is C24H25N3O3. The molecule has 0 aromatic heterocycles. The van der Waals surface area contributed by atoms with Crippen LogP contribution < -0.4 is 0 Å². The number of rotatable bonds is 5. The van der Waals surface area contributed by atoms with E-state index in [1.165, 1.54) is 4.90 Å². The highest BCUT2D eigenvalue weighted by molar-refractivity contribution is 6.02. The van der Waals surface area contributed by atoms with Gasteiger partial charge in [-0.25, -0.2) is 4.79 Å². The van der Waals surface area contributed by atoms with E-state index in [0.29, 0.717) is 13.1 Å². The van der Waals surface area contributed by atoms with Gasteiger partial charge in [-0.15, -0.1) is 0 Å². The Hall–Kier alpha value is -3.15. The number of carbonyl (C=O) groups is 3. The summed E-state index contributed by atoms with van der Waals surface area (Å²) in [6.45, 7) is 5.33. The lowest BCUT2D eigenvalue weighted by atomic mass is 9.99. The minimum absolute atomic E-state index is 0.0813. The van der Waals surface area contributed by atoms with E-state index in [9.17, 15) is 14.4 Å². The number of carbonyl (C=O) groups excluding carboxylic acids is 3. The first-order chi connectivity index (χ1) is 14.4. The second-order valence-electron chi connectivity index (χ2n) is 8.73. The van der Waals surface area contributed by atoms with Gasteiger partial charge in [0.1, 0.15) is 6.54 Å². The molecule has 4 amide bonds. The zero-order valence-corrected chi connectivity index (χ0v) is 17.3. The van der Waals surface area contributed by atoms with Gasteiger partial charge in [-0.05, 0) is 61.1 Å². The van der Waals surface area contributed by atoms with Crippen LogP contribution in [0.1, 0.15) is 48.2 Å². The second-order valence-corrected chi connectivity index (χ2v) is 8.73. The molecule has 6 nitrogen and oxygen atoms in total. The van der Waals surface area contributed by atoms with Crippen LogP contribution in [-0.2, 0) is 17.9 Å². The third kappa shape index (κ3) is 3.16. The van der Waals surface area contributed by atoms with Gasteiger partial charge in [-0.2, -0.15) is 0 Å². The Morgan fingerprint density at radius 1 is 0.933 bits per heavy atom. The fraction of sp³-hybridized carbons (Fsp3) is 0.375. The van der Waals surface area contributed by atoms with Crippen LogP contribution in [0.25, 0.3) is 11.1 Å². The van der Waals surface area contributed by atoms with Crippen molar-refractivity contribution in [2.45, 2.75) is 51.9 Å². The molecule has 2 aliphatic heterocycles. The van der Waals surface area contributed by atoms with E-state index in [-0.39, 0.29) is 36.5 Å². The van der Waals surface area contributed by atoms with E-state index < -0.39 is 0 Å². The molecule has 0 atom stereocenters. The largest absolute Gasteiger partial charge is 0.332 e. The van der Waals surface area contributed by atoms with Gasteiger partial charge in [0.05, 0.1) is 0 Å². The first-order valence-corrected chi connectivity index (χ1v) is 10.6. The van der Waals surface area contributed by atoms with Gasteiger partial charge in [0.25, 0.3) is 11.8 Å². The Labute approximate surface area is 176 Å². The van der Waals surface area contributed by atoms with Crippen LogP contribution in [0, 0.1) is 0 Å². The molecular weight excluding hydrogens is 378 g/mol. The summed E-state index contributed by atoms with van der Waals surface area (Å²) in [5.41, 5.74) is 5.00. The van der Waals surface area contributed by atoms with E-state index >= 15 is 0 Å². The monoisotopic (exact) mass is 403 g/mol. The third-order valence-electron chi connectivity index (χ3n) is 6.20. The normalized spacial score (nSPS) is 18.8. The summed E-state index contributed by atoms with van der Waals surface area (Å²) >= 11 is 0. The number of imide groups is 1.